The van der Waals surface area contributed by atoms with E-state index in [1.54, 1.807) is 0 Å². The van der Waals surface area contributed by atoms with E-state index in [2.05, 4.69) is 19.0 Å². The van der Waals surface area contributed by atoms with Crippen molar-refractivity contribution < 1.29 is 0 Å². The van der Waals surface area contributed by atoms with E-state index in [1.165, 1.54) is 32.2 Å². The zero-order chi connectivity index (χ0) is 8.27. The molecule has 11 heavy (non-hydrogen) atoms. The zero-order valence-electron chi connectivity index (χ0n) is 7.71. The van der Waals surface area contributed by atoms with Gasteiger partial charge in [-0.1, -0.05) is 0 Å². The van der Waals surface area contributed by atoms with Gasteiger partial charge in [0.05, 0.1) is 0 Å². The van der Waals surface area contributed by atoms with Crippen molar-refractivity contribution in [2.45, 2.75) is 31.7 Å². The second kappa shape index (κ2) is 4.07. The summed E-state index contributed by atoms with van der Waals surface area (Å²) in [5.74, 6) is 0.907. The van der Waals surface area contributed by atoms with Crippen LogP contribution >= 0.6 is 0 Å². The van der Waals surface area contributed by atoms with Crippen LogP contribution in [0, 0.1) is 5.92 Å². The van der Waals surface area contributed by atoms with Gasteiger partial charge in [-0.05, 0) is 45.7 Å². The van der Waals surface area contributed by atoms with Crippen molar-refractivity contribution in [1.29, 1.82) is 0 Å². The topological polar surface area (TPSA) is 29.3 Å². The molecule has 0 saturated heterocycles. The van der Waals surface area contributed by atoms with Gasteiger partial charge in [0.1, 0.15) is 0 Å². The molecule has 0 aromatic rings. The first-order valence-corrected chi connectivity index (χ1v) is 4.59. The molecule has 2 nitrogen and oxygen atoms in total. The third-order valence-electron chi connectivity index (χ3n) is 2.51. The van der Waals surface area contributed by atoms with Crippen molar-refractivity contribution in [3.8, 4) is 0 Å². The lowest BCUT2D eigenvalue weighted by atomic mass is 9.86. The van der Waals surface area contributed by atoms with Gasteiger partial charge in [-0.25, -0.2) is 0 Å². The molecule has 0 heterocycles. The summed E-state index contributed by atoms with van der Waals surface area (Å²) in [4.78, 5) is 2.28. The molecule has 0 spiro atoms. The van der Waals surface area contributed by atoms with Crippen LogP contribution in [0.15, 0.2) is 0 Å². The summed E-state index contributed by atoms with van der Waals surface area (Å²) < 4.78 is 0. The summed E-state index contributed by atoms with van der Waals surface area (Å²) >= 11 is 0. The SMILES string of the molecule is CN(C)C[C@H]1CC[C@H](N)CC1. The van der Waals surface area contributed by atoms with Gasteiger partial charge in [0.25, 0.3) is 0 Å². The van der Waals surface area contributed by atoms with E-state index in [0.29, 0.717) is 6.04 Å². The summed E-state index contributed by atoms with van der Waals surface area (Å²) in [6.45, 7) is 1.24. The van der Waals surface area contributed by atoms with Crippen LogP contribution in [-0.4, -0.2) is 31.6 Å². The minimum Gasteiger partial charge on any atom is -0.328 e. The fraction of sp³-hybridized carbons (Fsp3) is 1.00. The standard InChI is InChI=1S/C9H20N2/c1-11(2)7-8-3-5-9(10)6-4-8/h8-9H,3-7,10H2,1-2H3/t8-,9-. The van der Waals surface area contributed by atoms with Gasteiger partial charge in [-0.3, -0.25) is 0 Å². The number of rotatable bonds is 2. The first-order chi connectivity index (χ1) is 5.18. The molecule has 0 atom stereocenters. The molecule has 0 aromatic carbocycles. The lowest BCUT2D eigenvalue weighted by Gasteiger charge is -2.28. The molecule has 1 fully saturated rings. The summed E-state index contributed by atoms with van der Waals surface area (Å²) in [7, 11) is 4.29. The Morgan fingerprint density at radius 3 is 2.18 bits per heavy atom. The first kappa shape index (κ1) is 9.01. The molecule has 0 aliphatic heterocycles. The second-order valence-corrected chi connectivity index (χ2v) is 4.04. The van der Waals surface area contributed by atoms with E-state index >= 15 is 0 Å². The second-order valence-electron chi connectivity index (χ2n) is 4.04. The monoisotopic (exact) mass is 156 g/mol. The van der Waals surface area contributed by atoms with Crippen LogP contribution < -0.4 is 5.73 Å². The first-order valence-electron chi connectivity index (χ1n) is 4.59. The fourth-order valence-corrected chi connectivity index (χ4v) is 1.89. The molecule has 1 rings (SSSR count). The van der Waals surface area contributed by atoms with Gasteiger partial charge in [-0.15, -0.1) is 0 Å². The summed E-state index contributed by atoms with van der Waals surface area (Å²) in [5, 5.41) is 0. The lowest BCUT2D eigenvalue weighted by molar-refractivity contribution is 0.250. The van der Waals surface area contributed by atoms with Crippen LogP contribution in [0.3, 0.4) is 0 Å². The molecule has 1 aliphatic rings. The molecule has 0 unspecified atom stereocenters. The summed E-state index contributed by atoms with van der Waals surface area (Å²) in [6, 6.07) is 0.494. The van der Waals surface area contributed by atoms with Crippen molar-refractivity contribution in [3.05, 3.63) is 0 Å². The molecule has 2 heteroatoms. The third-order valence-corrected chi connectivity index (χ3v) is 2.51. The number of hydrogen-bond acceptors (Lipinski definition) is 2. The Morgan fingerprint density at radius 2 is 1.73 bits per heavy atom. The van der Waals surface area contributed by atoms with Crippen molar-refractivity contribution in [1.82, 2.24) is 4.90 Å². The van der Waals surface area contributed by atoms with Gasteiger partial charge in [0.2, 0.25) is 0 Å². The van der Waals surface area contributed by atoms with Gasteiger partial charge in [0, 0.05) is 12.6 Å². The number of nitrogens with two attached hydrogens (primary N) is 1. The van der Waals surface area contributed by atoms with Gasteiger partial charge < -0.3 is 10.6 Å². The van der Waals surface area contributed by atoms with Crippen LogP contribution in [-0.2, 0) is 0 Å². The van der Waals surface area contributed by atoms with Gasteiger partial charge >= 0.3 is 0 Å². The Kier molecular flexibility index (Phi) is 3.34. The summed E-state index contributed by atoms with van der Waals surface area (Å²) in [5.41, 5.74) is 5.81. The largest absolute Gasteiger partial charge is 0.328 e. The smallest absolute Gasteiger partial charge is 0.00390 e. The Bertz CT molecular complexity index is 104. The molecule has 0 amide bonds. The highest BCUT2D eigenvalue weighted by Crippen LogP contribution is 2.23. The molecule has 0 bridgehead atoms. The lowest BCUT2D eigenvalue weighted by Crippen LogP contribution is -2.31. The minimum atomic E-state index is 0.494. The van der Waals surface area contributed by atoms with E-state index in [4.69, 9.17) is 5.73 Å². The van der Waals surface area contributed by atoms with E-state index < -0.39 is 0 Å². The van der Waals surface area contributed by atoms with Crippen LogP contribution in [0.2, 0.25) is 0 Å². The molecule has 1 aliphatic carbocycles. The van der Waals surface area contributed by atoms with Crippen LogP contribution in [0.5, 0.6) is 0 Å². The van der Waals surface area contributed by atoms with E-state index in [-0.39, 0.29) is 0 Å². The maximum absolute atomic E-state index is 5.81. The molecule has 66 valence electrons. The molecule has 0 radical (unpaired) electrons. The maximum atomic E-state index is 5.81. The summed E-state index contributed by atoms with van der Waals surface area (Å²) in [6.07, 6.45) is 5.13. The van der Waals surface area contributed by atoms with Crippen LogP contribution in [0.1, 0.15) is 25.7 Å². The van der Waals surface area contributed by atoms with Gasteiger partial charge in [-0.2, -0.15) is 0 Å². The van der Waals surface area contributed by atoms with Gasteiger partial charge in [0.15, 0.2) is 0 Å². The van der Waals surface area contributed by atoms with E-state index in [9.17, 15) is 0 Å². The highest BCUT2D eigenvalue weighted by molar-refractivity contribution is 4.75. The van der Waals surface area contributed by atoms with Crippen molar-refractivity contribution in [2.24, 2.45) is 11.7 Å². The Hall–Kier alpha value is -0.0800. The fourth-order valence-electron chi connectivity index (χ4n) is 1.89. The number of nitrogens with zero attached hydrogens (tertiary/aromatic N) is 1. The van der Waals surface area contributed by atoms with Crippen molar-refractivity contribution in [2.75, 3.05) is 20.6 Å². The van der Waals surface area contributed by atoms with Crippen LogP contribution in [0.4, 0.5) is 0 Å². The molecular weight excluding hydrogens is 136 g/mol. The Labute approximate surface area is 69.8 Å². The third kappa shape index (κ3) is 3.21. The highest BCUT2D eigenvalue weighted by atomic mass is 15.1. The van der Waals surface area contributed by atoms with Crippen molar-refractivity contribution >= 4 is 0 Å². The van der Waals surface area contributed by atoms with E-state index in [0.717, 1.165) is 5.92 Å². The molecule has 2 N–H and O–H groups in total. The highest BCUT2D eigenvalue weighted by Gasteiger charge is 2.18. The zero-order valence-corrected chi connectivity index (χ0v) is 7.71. The quantitative estimate of drug-likeness (QED) is 0.648. The Balaban J connectivity index is 2.17. The Morgan fingerprint density at radius 1 is 1.18 bits per heavy atom. The maximum Gasteiger partial charge on any atom is 0.00390 e. The van der Waals surface area contributed by atoms with Crippen LogP contribution in [0.25, 0.3) is 0 Å². The normalized spacial score (nSPS) is 32.7. The molecular formula is C9H20N2. The molecule has 1 saturated carbocycles. The number of hydrogen-bond donors (Lipinski definition) is 1. The predicted octanol–water partition coefficient (Wildman–Crippen LogP) is 1.07. The van der Waals surface area contributed by atoms with Crippen molar-refractivity contribution in [3.63, 3.8) is 0 Å². The average Bonchev–Trinajstić information content (AvgIpc) is 1.93. The average molecular weight is 156 g/mol. The molecule has 0 aromatic heterocycles. The van der Waals surface area contributed by atoms with E-state index in [1.807, 2.05) is 0 Å². The minimum absolute atomic E-state index is 0.494. The predicted molar refractivity (Wildman–Crippen MR) is 48.5 cm³/mol.